The summed E-state index contributed by atoms with van der Waals surface area (Å²) in [5.41, 5.74) is 0. The predicted molar refractivity (Wildman–Crippen MR) is 65.5 cm³/mol. The molecule has 2 atom stereocenters. The van der Waals surface area contributed by atoms with E-state index < -0.39 is 23.7 Å². The molecule has 1 heterocycles. The molecule has 0 aromatic carbocycles. The van der Waals surface area contributed by atoms with E-state index in [4.69, 9.17) is 48.4 Å². The highest BCUT2D eigenvalue weighted by molar-refractivity contribution is 7.94. The largest absolute Gasteiger partial charge is 0.328 e. The SMILES string of the molecule is COP1N=P(OC)(OC)N(Cl)P(Cl)N1Cl. The molecule has 15 heavy (non-hydrogen) atoms. The van der Waals surface area contributed by atoms with Gasteiger partial charge in [0.05, 0.1) is 0 Å². The first-order valence-electron chi connectivity index (χ1n) is 3.48. The van der Waals surface area contributed by atoms with Crippen LogP contribution in [0.1, 0.15) is 0 Å². The molecule has 0 saturated heterocycles. The van der Waals surface area contributed by atoms with Crippen LogP contribution in [0.25, 0.3) is 0 Å². The Kier molecular flexibility index (Phi) is 6.01. The fourth-order valence-electron chi connectivity index (χ4n) is 0.766. The molecular weight excluding hydrogens is 325 g/mol. The quantitative estimate of drug-likeness (QED) is 0.562. The molecule has 1 aliphatic heterocycles. The summed E-state index contributed by atoms with van der Waals surface area (Å²) in [6.45, 7) is 0. The van der Waals surface area contributed by atoms with Crippen LogP contribution in [0, 0.1) is 0 Å². The van der Waals surface area contributed by atoms with Crippen LogP contribution in [-0.2, 0) is 13.6 Å². The molecule has 0 spiro atoms. The Hall–Kier alpha value is 1.76. The second kappa shape index (κ2) is 6.08. The van der Waals surface area contributed by atoms with Crippen molar-refractivity contribution in [3.8, 4) is 0 Å². The fourth-order valence-corrected chi connectivity index (χ4v) is 10.0. The molecule has 0 radical (unpaired) electrons. The Balaban J connectivity index is 3.13. The topological polar surface area (TPSA) is 46.5 Å². The Morgan fingerprint density at radius 3 is 2.13 bits per heavy atom. The van der Waals surface area contributed by atoms with Crippen molar-refractivity contribution in [1.82, 2.24) is 7.92 Å². The number of rotatable bonds is 3. The molecule has 0 amide bonds. The molecule has 1 aliphatic rings. The van der Waals surface area contributed by atoms with Gasteiger partial charge >= 0.3 is 7.66 Å². The summed E-state index contributed by atoms with van der Waals surface area (Å²) in [7, 11) is -1.22. The lowest BCUT2D eigenvalue weighted by molar-refractivity contribution is 0.310. The maximum absolute atomic E-state index is 6.03. The van der Waals surface area contributed by atoms with Gasteiger partial charge in [-0.15, -0.1) is 3.96 Å². The summed E-state index contributed by atoms with van der Waals surface area (Å²) in [6, 6.07) is 0. The van der Waals surface area contributed by atoms with Crippen LogP contribution >= 0.6 is 58.5 Å². The van der Waals surface area contributed by atoms with Crippen LogP contribution in [-0.4, -0.2) is 29.2 Å². The average molecular weight is 334 g/mol. The van der Waals surface area contributed by atoms with E-state index in [2.05, 4.69) is 4.52 Å². The van der Waals surface area contributed by atoms with Crippen LogP contribution in [0.2, 0.25) is 0 Å². The van der Waals surface area contributed by atoms with Crippen molar-refractivity contribution in [3.63, 3.8) is 0 Å². The zero-order valence-corrected chi connectivity index (χ0v) is 13.0. The summed E-state index contributed by atoms with van der Waals surface area (Å²) in [5.74, 6) is 0. The van der Waals surface area contributed by atoms with Crippen molar-refractivity contribution < 1.29 is 13.6 Å². The molecule has 90 valence electrons. The minimum atomic E-state index is -2.71. The van der Waals surface area contributed by atoms with Crippen LogP contribution in [0.4, 0.5) is 0 Å². The van der Waals surface area contributed by atoms with Crippen molar-refractivity contribution >= 4 is 58.5 Å². The van der Waals surface area contributed by atoms with Gasteiger partial charge in [-0.3, -0.25) is 0 Å². The first-order chi connectivity index (χ1) is 7.02. The Bertz CT molecular complexity index is 276. The molecule has 0 bridgehead atoms. The Labute approximate surface area is 106 Å². The number of hydrogen-bond donors (Lipinski definition) is 0. The monoisotopic (exact) mass is 333 g/mol. The van der Waals surface area contributed by atoms with E-state index in [0.29, 0.717) is 0 Å². The first-order valence-corrected chi connectivity index (χ1v) is 9.00. The summed E-state index contributed by atoms with van der Waals surface area (Å²) in [5, 5.41) is 0. The van der Waals surface area contributed by atoms with Gasteiger partial charge in [-0.05, 0) is 23.6 Å². The maximum atomic E-state index is 6.03. The van der Waals surface area contributed by atoms with Gasteiger partial charge in [0, 0.05) is 21.3 Å². The molecule has 6 nitrogen and oxygen atoms in total. The van der Waals surface area contributed by atoms with Crippen molar-refractivity contribution in [1.29, 1.82) is 0 Å². The molecular formula is C3H9Cl3N3O3P3. The van der Waals surface area contributed by atoms with Crippen molar-refractivity contribution in [2.24, 2.45) is 4.52 Å². The molecule has 2 unspecified atom stereocenters. The van der Waals surface area contributed by atoms with Crippen molar-refractivity contribution in [2.45, 2.75) is 0 Å². The molecule has 0 saturated carbocycles. The summed E-state index contributed by atoms with van der Waals surface area (Å²) in [4.78, 5) is 0. The zero-order valence-electron chi connectivity index (χ0n) is 8.04. The summed E-state index contributed by atoms with van der Waals surface area (Å²) >= 11 is 17.9. The van der Waals surface area contributed by atoms with E-state index in [9.17, 15) is 0 Å². The molecule has 0 aromatic rings. The smallest absolute Gasteiger partial charge is 0.316 e. The fraction of sp³-hybridized carbons (Fsp3) is 1.00. The molecule has 0 aromatic heterocycles. The Morgan fingerprint density at radius 1 is 1.20 bits per heavy atom. The van der Waals surface area contributed by atoms with Gasteiger partial charge in [0.2, 0.25) is 0 Å². The van der Waals surface area contributed by atoms with Gasteiger partial charge < -0.3 is 13.6 Å². The standard InChI is InChI=1S/C3H9Cl3N3O3P3/c1-10-14-7-15(11-2,12-3)9(5)13(6)8(14)4/h1-3H3. The third-order valence-electron chi connectivity index (χ3n) is 1.45. The van der Waals surface area contributed by atoms with Gasteiger partial charge in [-0.25, -0.2) is 0 Å². The van der Waals surface area contributed by atoms with Crippen molar-refractivity contribution in [3.05, 3.63) is 0 Å². The second-order valence-corrected chi connectivity index (χ2v) is 10.6. The molecule has 0 aliphatic carbocycles. The predicted octanol–water partition coefficient (Wildman–Crippen LogP) is 4.49. The van der Waals surface area contributed by atoms with Gasteiger partial charge in [0.25, 0.3) is 8.45 Å². The lowest BCUT2D eigenvalue weighted by Gasteiger charge is -2.38. The number of hydrogen-bond acceptors (Lipinski definition) is 6. The third kappa shape index (κ3) is 2.78. The van der Waals surface area contributed by atoms with E-state index >= 15 is 0 Å². The molecule has 0 fully saturated rings. The van der Waals surface area contributed by atoms with E-state index in [1.165, 1.54) is 29.2 Å². The maximum Gasteiger partial charge on any atom is 0.316 e. The van der Waals surface area contributed by atoms with Crippen LogP contribution in [0.15, 0.2) is 4.52 Å². The normalized spacial score (nSPS) is 32.7. The molecule has 1 rings (SSSR count). The Morgan fingerprint density at radius 2 is 1.73 bits per heavy atom. The summed E-state index contributed by atoms with van der Waals surface area (Å²) < 4.78 is 22.1. The van der Waals surface area contributed by atoms with E-state index in [0.717, 1.165) is 0 Å². The number of nitrogens with zero attached hydrogens (tertiary/aromatic N) is 3. The highest BCUT2D eigenvalue weighted by Crippen LogP contribution is 2.81. The lowest BCUT2D eigenvalue weighted by Crippen LogP contribution is -2.14. The van der Waals surface area contributed by atoms with Crippen molar-refractivity contribution in [2.75, 3.05) is 21.3 Å². The van der Waals surface area contributed by atoms with E-state index in [1.807, 2.05) is 0 Å². The minimum absolute atomic E-state index is 1.19. The highest BCUT2D eigenvalue weighted by atomic mass is 35.7. The van der Waals surface area contributed by atoms with Gasteiger partial charge in [0.1, 0.15) is 0 Å². The molecule has 0 N–H and O–H groups in total. The first kappa shape index (κ1) is 14.8. The van der Waals surface area contributed by atoms with Gasteiger partial charge in [-0.1, -0.05) is 15.2 Å². The lowest BCUT2D eigenvalue weighted by atomic mass is 11.8. The minimum Gasteiger partial charge on any atom is -0.328 e. The molecule has 12 heteroatoms. The van der Waals surface area contributed by atoms with Gasteiger partial charge in [0.15, 0.2) is 7.58 Å². The second-order valence-electron chi connectivity index (χ2n) is 2.10. The summed E-state index contributed by atoms with van der Waals surface area (Å²) in [6.07, 6.45) is 0. The van der Waals surface area contributed by atoms with Crippen LogP contribution in [0.3, 0.4) is 0 Å². The van der Waals surface area contributed by atoms with Crippen LogP contribution in [0.5, 0.6) is 0 Å². The third-order valence-corrected chi connectivity index (χ3v) is 11.5. The highest BCUT2D eigenvalue weighted by Gasteiger charge is 2.46. The van der Waals surface area contributed by atoms with E-state index in [1.54, 1.807) is 0 Å². The van der Waals surface area contributed by atoms with Crippen LogP contribution < -0.4 is 0 Å². The zero-order chi connectivity index (χ0) is 11.6. The average Bonchev–Trinajstić information content (AvgIpc) is 2.27. The number of halogens is 3. The van der Waals surface area contributed by atoms with Gasteiger partial charge in [-0.2, -0.15) is 4.52 Å². The van der Waals surface area contributed by atoms with E-state index in [-0.39, 0.29) is 0 Å².